The lowest BCUT2D eigenvalue weighted by atomic mass is 9.78. The van der Waals surface area contributed by atoms with Crippen molar-refractivity contribution in [3.05, 3.63) is 121 Å². The third-order valence-electron chi connectivity index (χ3n) is 19.3. The number of esters is 1. The van der Waals surface area contributed by atoms with Crippen molar-refractivity contribution in [3.8, 4) is 0 Å². The fourth-order valence-electron chi connectivity index (χ4n) is 13.6. The number of aliphatic hydroxyl groups is 3. The van der Waals surface area contributed by atoms with Crippen LogP contribution in [-0.4, -0.2) is 156 Å². The van der Waals surface area contributed by atoms with E-state index in [1.54, 1.807) is 45.9 Å². The number of urea groups is 1. The lowest BCUT2D eigenvalue weighted by molar-refractivity contribution is -0.928. The third-order valence-corrected chi connectivity index (χ3v) is 19.3. The number of rotatable bonds is 17. The van der Waals surface area contributed by atoms with Gasteiger partial charge in [0.1, 0.15) is 47.3 Å². The molecule has 0 saturated carbocycles. The molecule has 2 fully saturated rings. The quantitative estimate of drug-likeness (QED) is 0.0249. The summed E-state index contributed by atoms with van der Waals surface area (Å²) in [5, 5.41) is 49.4. The zero-order valence-corrected chi connectivity index (χ0v) is 57.7. The molecule has 2 saturated heterocycles. The number of methoxy groups -OCH3 is 1. The molecule has 4 aromatic rings. The number of nitrogens with zero attached hydrogens (tertiary/aromatic N) is 3. The number of hydrogen-bond donors (Lipinski definition) is 9. The number of ether oxygens (including phenoxy) is 4. The van der Waals surface area contributed by atoms with Crippen molar-refractivity contribution >= 4 is 80.5 Å². The number of fused-ring (bicyclic) bond motifs is 5. The number of carbonyl (C=O) groups is 6. The second-order valence-electron chi connectivity index (χ2n) is 27.6. The molecule has 4 heterocycles. The molecule has 25 nitrogen and oxygen atoms in total. The van der Waals surface area contributed by atoms with E-state index in [1.807, 2.05) is 52.0 Å². The van der Waals surface area contributed by atoms with Gasteiger partial charge >= 0.3 is 17.8 Å². The molecule has 25 heteroatoms. The summed E-state index contributed by atoms with van der Waals surface area (Å²) in [6.07, 6.45) is 5.38. The Balaban J connectivity index is 1.08. The fourth-order valence-corrected chi connectivity index (χ4v) is 13.6. The van der Waals surface area contributed by atoms with Crippen LogP contribution >= 0.6 is 0 Å². The monoisotopic (exact) mass is 1330 g/mol. The molecule has 10 N–H and O–H groups in total. The number of Topliss-reactive ketones (excluding diaryl/α,β-unsaturated/α-hetero) is 1. The van der Waals surface area contributed by atoms with Gasteiger partial charge in [0.2, 0.25) is 28.5 Å². The van der Waals surface area contributed by atoms with Crippen LogP contribution in [0.25, 0.3) is 28.0 Å². The topological polar surface area (TPSA) is 350 Å². The molecule has 3 aromatic carbocycles. The van der Waals surface area contributed by atoms with Gasteiger partial charge in [0.25, 0.3) is 5.91 Å². The maximum atomic E-state index is 15.2. The second kappa shape index (κ2) is 30.3. The van der Waals surface area contributed by atoms with Crippen molar-refractivity contribution in [2.45, 2.75) is 176 Å². The van der Waals surface area contributed by atoms with E-state index in [-0.39, 0.29) is 86.8 Å². The van der Waals surface area contributed by atoms with Gasteiger partial charge < -0.3 is 80.4 Å². The van der Waals surface area contributed by atoms with E-state index in [0.717, 1.165) is 18.4 Å². The Morgan fingerprint density at radius 1 is 0.917 bits per heavy atom. The number of benzene rings is 3. The highest BCUT2D eigenvalue weighted by Gasteiger charge is 2.56. The van der Waals surface area contributed by atoms with E-state index in [4.69, 9.17) is 34.1 Å². The molecule has 3 aliphatic heterocycles. The first-order valence-electron chi connectivity index (χ1n) is 33.0. The van der Waals surface area contributed by atoms with Gasteiger partial charge in [0, 0.05) is 129 Å². The predicted octanol–water partition coefficient (Wildman–Crippen LogP) is 6.11. The number of aliphatic hydroxyl groups excluding tert-OH is 3. The number of carbonyl (C=O) groups excluding carboxylic acids is 6. The van der Waals surface area contributed by atoms with Gasteiger partial charge in [-0.05, 0) is 50.8 Å². The number of quaternary nitrogens is 1. The normalized spacial score (nSPS) is 26.5. The van der Waals surface area contributed by atoms with Crippen LogP contribution in [0, 0.1) is 29.6 Å². The molecule has 520 valence electrons. The molecule has 2 unspecified atom stereocenters. The fraction of sp³-hybridized carbons (Fsp3) is 0.535. The van der Waals surface area contributed by atoms with E-state index < -0.39 is 124 Å². The lowest BCUT2D eigenvalue weighted by Crippen LogP contribution is -2.54. The van der Waals surface area contributed by atoms with E-state index in [1.165, 1.54) is 59.3 Å². The average molecular weight is 1330 g/mol. The lowest BCUT2D eigenvalue weighted by Gasteiger charge is -2.43. The van der Waals surface area contributed by atoms with Gasteiger partial charge in [-0.3, -0.25) is 33.6 Å². The largest absolute Gasteiger partial charge is 0.507 e. The summed E-state index contributed by atoms with van der Waals surface area (Å²) in [6.45, 7) is 22.2. The predicted molar refractivity (Wildman–Crippen MR) is 364 cm³/mol. The summed E-state index contributed by atoms with van der Waals surface area (Å²) in [5.41, 5.74) is 4.78. The van der Waals surface area contributed by atoms with Crippen molar-refractivity contribution in [2.24, 2.45) is 35.3 Å². The van der Waals surface area contributed by atoms with E-state index in [0.29, 0.717) is 41.9 Å². The molecule has 12 atom stereocenters. The molecule has 0 spiro atoms. The standard InChI is InChI=1S/C71H95N9O16/c1-35(2)55(74-36(3)4)69(90)76-48(20-17-28-73-70(72)91)68(89)75-45-23-21-44(22-24-45)34-80(13,14)47-25-29-79(30-26-47)46-32-49(82)56-51(33-46)95-65-57(77-56)52-53-61(85)42(10)64-54(52)66(87)71(12,96-64)93-31-27-50(92-15)39(7)63(94-43(11)81)41(9)60(84)40(8)59(83)37(5)18-16-19-38(6)67(88)78-58(65)62(53)86/h16,18-19,21-24,27,31-33,35-37,39-41,47-48,50,54-55,59-60,63,74,83-84H,17,20,25-26,28-30,34H2,1-15H3,(H6-,72,73,75,76,77,78,82,85,86,88,89,90,91)/p+1/b18-16+,31-27+,38-19-/t37-,39+,40+,41+,48-,50-,54?,55-,59-,60+,63?,71-/m0/s1. The number of nitrogens with one attached hydrogen (secondary N) is 5. The zero-order valence-electron chi connectivity index (χ0n) is 57.7. The maximum Gasteiger partial charge on any atom is 0.312 e. The Hall–Kier alpha value is -8.49. The maximum absolute atomic E-state index is 15.2. The zero-order chi connectivity index (χ0) is 70.6. The molecule has 5 amide bonds. The Labute approximate surface area is 559 Å². The molecule has 1 aromatic heterocycles. The van der Waals surface area contributed by atoms with Gasteiger partial charge in [-0.15, -0.1) is 0 Å². The number of piperidine rings is 1. The number of aromatic nitrogens is 1. The Morgan fingerprint density at radius 2 is 1.59 bits per heavy atom. The number of ketones is 1. The summed E-state index contributed by atoms with van der Waals surface area (Å²) in [7, 11) is 5.74. The summed E-state index contributed by atoms with van der Waals surface area (Å²) in [6, 6.07) is 8.79. The van der Waals surface area contributed by atoms with Crippen LogP contribution in [0.3, 0.4) is 0 Å². The van der Waals surface area contributed by atoms with E-state index in [2.05, 4.69) is 45.6 Å². The molecular formula is C71H96N9O16+. The highest BCUT2D eigenvalue weighted by molar-refractivity contribution is 6.10. The molecule has 96 heavy (non-hydrogen) atoms. The second-order valence-corrected chi connectivity index (χ2v) is 27.6. The van der Waals surface area contributed by atoms with Crippen molar-refractivity contribution in [3.63, 3.8) is 0 Å². The number of amides is 5. The SMILES string of the molecule is CO[C@H]1/C=C/O[C@@]2(C)OC3=C(C)C(O)=c4c(c5nc6c(=O)cc(N7CCC([N+](C)(C)Cc8ccc(NC(=O)[C@H](CCCNC(N)=O)NC(=O)[C@@H](NC(C)C)C(C)C)cc8)CC7)cc6oc5c(c4=O)NC(=O)/C(C)=C\C=C\[C@H](C)[C@H](O)[C@@H](C)[C@@H](O)[C@@H](C)C(OC(C)=O)[C@@H]1C)C3C2=O. The van der Waals surface area contributed by atoms with Crippen LogP contribution in [0.5, 0.6) is 0 Å². The van der Waals surface area contributed by atoms with Crippen LogP contribution < -0.4 is 53.3 Å². The van der Waals surface area contributed by atoms with Crippen molar-refractivity contribution in [1.82, 2.24) is 20.9 Å². The van der Waals surface area contributed by atoms with Crippen molar-refractivity contribution in [2.75, 3.05) is 56.4 Å². The first-order valence-corrected chi connectivity index (χ1v) is 33.0. The number of hydrogen-bond acceptors (Lipinski definition) is 19. The van der Waals surface area contributed by atoms with Gasteiger partial charge in [0.05, 0.1) is 56.0 Å². The van der Waals surface area contributed by atoms with Crippen LogP contribution in [-0.2, 0) is 49.5 Å². The van der Waals surface area contributed by atoms with Crippen LogP contribution in [0.4, 0.5) is 21.9 Å². The minimum absolute atomic E-state index is 0.0213. The van der Waals surface area contributed by atoms with Gasteiger partial charge in [0.15, 0.2) is 16.7 Å². The average Bonchev–Trinajstić information content (AvgIpc) is 1.39. The first-order chi connectivity index (χ1) is 45.2. The molecule has 0 radical (unpaired) electrons. The van der Waals surface area contributed by atoms with Crippen LogP contribution in [0.15, 0.2) is 97.9 Å². The first kappa shape index (κ1) is 73.3. The number of allylic oxidation sites excluding steroid dienone is 3. The molecular weight excluding hydrogens is 1230 g/mol. The van der Waals surface area contributed by atoms with Crippen molar-refractivity contribution < 1.29 is 71.9 Å². The third kappa shape index (κ3) is 16.0. The summed E-state index contributed by atoms with van der Waals surface area (Å²) < 4.78 is 31.4. The minimum atomic E-state index is -2.11. The number of primary amides is 1. The van der Waals surface area contributed by atoms with Crippen LogP contribution in [0.2, 0.25) is 0 Å². The molecule has 8 rings (SSSR count). The van der Waals surface area contributed by atoms with Gasteiger partial charge in [-0.2, -0.15) is 0 Å². The molecule has 1 aliphatic carbocycles. The van der Waals surface area contributed by atoms with Gasteiger partial charge in [-0.25, -0.2) is 9.78 Å². The Kier molecular flexibility index (Phi) is 23.1. The summed E-state index contributed by atoms with van der Waals surface area (Å²) in [5.74, 6) is -9.74. The van der Waals surface area contributed by atoms with E-state index >= 15 is 9.59 Å². The van der Waals surface area contributed by atoms with Crippen molar-refractivity contribution in [1.29, 1.82) is 0 Å². The van der Waals surface area contributed by atoms with E-state index in [9.17, 15) is 44.1 Å². The number of anilines is 3. The van der Waals surface area contributed by atoms with Crippen LogP contribution in [0.1, 0.15) is 126 Å². The van der Waals surface area contributed by atoms with Gasteiger partial charge in [-0.1, -0.05) is 85.8 Å². The summed E-state index contributed by atoms with van der Waals surface area (Å²) >= 11 is 0. The highest BCUT2D eigenvalue weighted by Crippen LogP contribution is 2.47. The minimum Gasteiger partial charge on any atom is -0.507 e. The molecule has 5 bridgehead atoms. The number of nitrogens with two attached hydrogens (primary N) is 1. The Bertz CT molecular complexity index is 3930. The summed E-state index contributed by atoms with van der Waals surface area (Å²) in [4.78, 5) is 117. The smallest absolute Gasteiger partial charge is 0.312 e. The molecule has 4 aliphatic rings. The Morgan fingerprint density at radius 3 is 2.22 bits per heavy atom. The highest BCUT2D eigenvalue weighted by atomic mass is 16.7.